The van der Waals surface area contributed by atoms with Crippen molar-refractivity contribution in [1.29, 1.82) is 0 Å². The summed E-state index contributed by atoms with van der Waals surface area (Å²) in [6, 6.07) is 22.9. The molecule has 0 amide bonds. The highest BCUT2D eigenvalue weighted by Gasteiger charge is 2.03. The van der Waals surface area contributed by atoms with E-state index in [0.29, 0.717) is 12.5 Å². The van der Waals surface area contributed by atoms with Gasteiger partial charge in [0.2, 0.25) is 0 Å². The van der Waals surface area contributed by atoms with Crippen LogP contribution < -0.4 is 11.1 Å². The van der Waals surface area contributed by atoms with Gasteiger partial charge in [-0.3, -0.25) is 0 Å². The molecule has 0 fully saturated rings. The van der Waals surface area contributed by atoms with Crippen molar-refractivity contribution in [2.24, 2.45) is 10.7 Å². The monoisotopic (exact) mass is 383 g/mol. The van der Waals surface area contributed by atoms with E-state index in [1.165, 1.54) is 16.7 Å². The van der Waals surface area contributed by atoms with Crippen molar-refractivity contribution in [3.8, 4) is 0 Å². The summed E-state index contributed by atoms with van der Waals surface area (Å²) in [6.07, 6.45) is 1.89. The Morgan fingerprint density at radius 2 is 1.66 bits per heavy atom. The molecule has 1 aromatic heterocycles. The highest BCUT2D eigenvalue weighted by atomic mass is 15.1. The number of guanidine groups is 1. The van der Waals surface area contributed by atoms with Crippen molar-refractivity contribution in [3.05, 3.63) is 95.3 Å². The van der Waals surface area contributed by atoms with Crippen LogP contribution in [-0.2, 0) is 13.1 Å². The van der Waals surface area contributed by atoms with Gasteiger partial charge in [-0.25, -0.2) is 9.98 Å². The molecular formula is C24H25N5. The number of nitrogens with zero attached hydrogens (tertiary/aromatic N) is 3. The van der Waals surface area contributed by atoms with E-state index in [1.807, 2.05) is 24.5 Å². The van der Waals surface area contributed by atoms with Crippen molar-refractivity contribution in [3.63, 3.8) is 0 Å². The minimum atomic E-state index is 0.420. The predicted molar refractivity (Wildman–Crippen MR) is 120 cm³/mol. The van der Waals surface area contributed by atoms with E-state index in [4.69, 9.17) is 5.73 Å². The van der Waals surface area contributed by atoms with Gasteiger partial charge in [0.1, 0.15) is 0 Å². The number of rotatable bonds is 5. The normalized spacial score (nSPS) is 11.7. The van der Waals surface area contributed by atoms with Crippen molar-refractivity contribution in [1.82, 2.24) is 9.55 Å². The summed E-state index contributed by atoms with van der Waals surface area (Å²) in [7, 11) is 0. The van der Waals surface area contributed by atoms with Gasteiger partial charge in [0.05, 0.1) is 23.9 Å². The molecule has 5 nitrogen and oxygen atoms in total. The van der Waals surface area contributed by atoms with Gasteiger partial charge in [0.15, 0.2) is 5.96 Å². The second-order valence-corrected chi connectivity index (χ2v) is 7.38. The number of anilines is 1. The average Bonchev–Trinajstić information content (AvgIpc) is 3.10. The fourth-order valence-electron chi connectivity index (χ4n) is 3.49. The molecule has 0 saturated heterocycles. The van der Waals surface area contributed by atoms with Crippen LogP contribution in [0.4, 0.5) is 5.69 Å². The number of nitrogens with one attached hydrogen (secondary N) is 1. The zero-order chi connectivity index (χ0) is 20.2. The topological polar surface area (TPSA) is 68.2 Å². The van der Waals surface area contributed by atoms with Crippen LogP contribution in [0.1, 0.15) is 22.3 Å². The molecule has 0 saturated carbocycles. The molecule has 0 bridgehead atoms. The second-order valence-electron chi connectivity index (χ2n) is 7.38. The molecule has 146 valence electrons. The summed E-state index contributed by atoms with van der Waals surface area (Å²) in [5, 5.41) is 3.17. The molecule has 0 radical (unpaired) electrons. The van der Waals surface area contributed by atoms with E-state index in [9.17, 15) is 0 Å². The van der Waals surface area contributed by atoms with Crippen LogP contribution in [0.15, 0.2) is 78.0 Å². The van der Waals surface area contributed by atoms with Gasteiger partial charge in [-0.05, 0) is 60.4 Å². The maximum atomic E-state index is 6.06. The van der Waals surface area contributed by atoms with Crippen LogP contribution in [0, 0.1) is 13.8 Å². The number of imidazole rings is 1. The number of para-hydroxylation sites is 2. The molecule has 0 aliphatic rings. The molecule has 4 aromatic rings. The predicted octanol–water partition coefficient (Wildman–Crippen LogP) is 4.63. The number of nitrogens with two attached hydrogens (primary N) is 1. The third kappa shape index (κ3) is 4.63. The summed E-state index contributed by atoms with van der Waals surface area (Å²) in [4.78, 5) is 8.91. The van der Waals surface area contributed by atoms with Crippen molar-refractivity contribution in [2.45, 2.75) is 26.9 Å². The number of fused-ring (bicyclic) bond motifs is 1. The number of aliphatic imine (C=N–C) groups is 1. The fourth-order valence-corrected chi connectivity index (χ4v) is 3.49. The first-order chi connectivity index (χ1) is 14.1. The summed E-state index contributed by atoms with van der Waals surface area (Å²) in [5.74, 6) is 0.420. The van der Waals surface area contributed by atoms with Gasteiger partial charge >= 0.3 is 0 Å². The summed E-state index contributed by atoms with van der Waals surface area (Å²) in [5.41, 5.74) is 13.9. The van der Waals surface area contributed by atoms with E-state index in [1.54, 1.807) is 0 Å². The fraction of sp³-hybridized carbons (Fsp3) is 0.167. The quantitative estimate of drug-likeness (QED) is 0.390. The zero-order valence-corrected chi connectivity index (χ0v) is 16.8. The van der Waals surface area contributed by atoms with E-state index in [2.05, 4.69) is 82.2 Å². The van der Waals surface area contributed by atoms with Crippen LogP contribution in [0.2, 0.25) is 0 Å². The van der Waals surface area contributed by atoms with Crippen molar-refractivity contribution in [2.75, 3.05) is 5.32 Å². The lowest BCUT2D eigenvalue weighted by molar-refractivity contribution is 0.823. The first-order valence-corrected chi connectivity index (χ1v) is 9.70. The lowest BCUT2D eigenvalue weighted by Crippen LogP contribution is -2.22. The SMILES string of the molecule is Cc1cc(C)cc(NC(N)=NCc2ccc(Cn3cnc4ccccc43)cc2)c1. The molecule has 3 N–H and O–H groups in total. The summed E-state index contributed by atoms with van der Waals surface area (Å²) >= 11 is 0. The van der Waals surface area contributed by atoms with Gasteiger partial charge in [-0.2, -0.15) is 0 Å². The molecule has 4 rings (SSSR count). The first kappa shape index (κ1) is 18.7. The smallest absolute Gasteiger partial charge is 0.193 e. The van der Waals surface area contributed by atoms with Crippen molar-refractivity contribution < 1.29 is 0 Å². The Hall–Kier alpha value is -3.60. The Balaban J connectivity index is 1.39. The van der Waals surface area contributed by atoms with Crippen LogP contribution in [-0.4, -0.2) is 15.5 Å². The zero-order valence-electron chi connectivity index (χ0n) is 16.8. The van der Waals surface area contributed by atoms with Crippen LogP contribution >= 0.6 is 0 Å². The molecule has 0 aliphatic heterocycles. The van der Waals surface area contributed by atoms with Gasteiger partial charge in [-0.15, -0.1) is 0 Å². The Bertz CT molecular complexity index is 1140. The number of hydrogen-bond acceptors (Lipinski definition) is 2. The minimum absolute atomic E-state index is 0.420. The number of benzene rings is 3. The number of hydrogen-bond donors (Lipinski definition) is 2. The summed E-state index contributed by atoms with van der Waals surface area (Å²) in [6.45, 7) is 5.47. The van der Waals surface area contributed by atoms with E-state index in [0.717, 1.165) is 28.8 Å². The molecule has 0 aliphatic carbocycles. The molecule has 0 spiro atoms. The highest BCUT2D eigenvalue weighted by Crippen LogP contribution is 2.15. The Morgan fingerprint density at radius 1 is 0.966 bits per heavy atom. The lowest BCUT2D eigenvalue weighted by Gasteiger charge is -2.08. The third-order valence-corrected chi connectivity index (χ3v) is 4.83. The van der Waals surface area contributed by atoms with Crippen LogP contribution in [0.3, 0.4) is 0 Å². The van der Waals surface area contributed by atoms with Crippen molar-refractivity contribution >= 4 is 22.7 Å². The van der Waals surface area contributed by atoms with E-state index >= 15 is 0 Å². The standard InChI is InChI=1S/C24H25N5/c1-17-11-18(2)13-21(12-17)28-24(25)26-14-19-7-9-20(10-8-19)15-29-16-27-22-5-3-4-6-23(22)29/h3-13,16H,14-15H2,1-2H3,(H3,25,26,28). The molecule has 29 heavy (non-hydrogen) atoms. The average molecular weight is 383 g/mol. The molecule has 1 heterocycles. The summed E-state index contributed by atoms with van der Waals surface area (Å²) < 4.78 is 2.16. The Morgan fingerprint density at radius 3 is 2.41 bits per heavy atom. The number of aryl methyl sites for hydroxylation is 2. The maximum Gasteiger partial charge on any atom is 0.193 e. The van der Waals surface area contributed by atoms with Gasteiger partial charge in [-0.1, -0.05) is 42.5 Å². The van der Waals surface area contributed by atoms with E-state index < -0.39 is 0 Å². The molecule has 0 unspecified atom stereocenters. The highest BCUT2D eigenvalue weighted by molar-refractivity contribution is 5.92. The molecule has 5 heteroatoms. The molecule has 0 atom stereocenters. The molecular weight excluding hydrogens is 358 g/mol. The Kier molecular flexibility index (Phi) is 5.29. The number of aromatic nitrogens is 2. The van der Waals surface area contributed by atoms with Gasteiger partial charge in [0, 0.05) is 12.2 Å². The van der Waals surface area contributed by atoms with Crippen LogP contribution in [0.25, 0.3) is 11.0 Å². The second kappa shape index (κ2) is 8.19. The third-order valence-electron chi connectivity index (χ3n) is 4.83. The molecule has 3 aromatic carbocycles. The maximum absolute atomic E-state index is 6.06. The van der Waals surface area contributed by atoms with Gasteiger partial charge < -0.3 is 15.6 Å². The minimum Gasteiger partial charge on any atom is -0.370 e. The first-order valence-electron chi connectivity index (χ1n) is 9.70. The van der Waals surface area contributed by atoms with Gasteiger partial charge in [0.25, 0.3) is 0 Å². The van der Waals surface area contributed by atoms with Crippen LogP contribution in [0.5, 0.6) is 0 Å². The van der Waals surface area contributed by atoms with E-state index in [-0.39, 0.29) is 0 Å². The lowest BCUT2D eigenvalue weighted by atomic mass is 10.1. The Labute approximate surface area is 170 Å². The largest absolute Gasteiger partial charge is 0.370 e.